The molecule has 29 heavy (non-hydrogen) atoms. The minimum atomic E-state index is -3.16. The molecule has 0 spiro atoms. The Morgan fingerprint density at radius 2 is 1.55 bits per heavy atom. The van der Waals surface area contributed by atoms with E-state index in [1.54, 1.807) is 48.5 Å². The molecule has 1 amide bonds. The number of piperazine rings is 1. The van der Waals surface area contributed by atoms with Crippen LogP contribution in [0.3, 0.4) is 0 Å². The van der Waals surface area contributed by atoms with E-state index in [4.69, 9.17) is 0 Å². The summed E-state index contributed by atoms with van der Waals surface area (Å²) in [4.78, 5) is 27.3. The van der Waals surface area contributed by atoms with Gasteiger partial charge in [-0.2, -0.15) is 4.31 Å². The van der Waals surface area contributed by atoms with E-state index in [-0.39, 0.29) is 18.1 Å². The highest BCUT2D eigenvalue weighted by atomic mass is 32.2. The standard InChI is InChI=1S/C21H25N3O4S/c1-29(27,28)24-15-13-23(14-16-24)12-11-20(25)22-19-10-6-5-9-18(19)21(26)17-7-3-2-4-8-17/h2-10H,11-16H2,1H3,(H,22,25). The highest BCUT2D eigenvalue weighted by Crippen LogP contribution is 2.19. The number of ketones is 1. The second-order valence-electron chi connectivity index (χ2n) is 7.04. The number of nitrogens with one attached hydrogen (secondary N) is 1. The van der Waals surface area contributed by atoms with Gasteiger partial charge in [-0.1, -0.05) is 42.5 Å². The maximum Gasteiger partial charge on any atom is 0.225 e. The lowest BCUT2D eigenvalue weighted by atomic mass is 10.0. The smallest absolute Gasteiger partial charge is 0.225 e. The van der Waals surface area contributed by atoms with Gasteiger partial charge >= 0.3 is 0 Å². The summed E-state index contributed by atoms with van der Waals surface area (Å²) in [6.07, 6.45) is 1.48. The van der Waals surface area contributed by atoms with Gasteiger partial charge in [-0.3, -0.25) is 9.59 Å². The molecule has 2 aromatic rings. The van der Waals surface area contributed by atoms with E-state index < -0.39 is 10.0 Å². The average Bonchev–Trinajstić information content (AvgIpc) is 2.72. The minimum absolute atomic E-state index is 0.140. The lowest BCUT2D eigenvalue weighted by Crippen LogP contribution is -2.48. The van der Waals surface area contributed by atoms with E-state index in [0.29, 0.717) is 49.5 Å². The van der Waals surface area contributed by atoms with Crippen LogP contribution in [-0.4, -0.2) is 68.3 Å². The Morgan fingerprint density at radius 3 is 2.21 bits per heavy atom. The van der Waals surface area contributed by atoms with Gasteiger partial charge in [0.2, 0.25) is 15.9 Å². The van der Waals surface area contributed by atoms with Gasteiger partial charge < -0.3 is 10.2 Å². The van der Waals surface area contributed by atoms with E-state index in [0.717, 1.165) is 0 Å². The van der Waals surface area contributed by atoms with E-state index in [1.807, 2.05) is 6.07 Å². The molecule has 0 atom stereocenters. The maximum absolute atomic E-state index is 12.8. The summed E-state index contributed by atoms with van der Waals surface area (Å²) in [6.45, 7) is 2.62. The molecule has 0 aromatic heterocycles. The van der Waals surface area contributed by atoms with Crippen molar-refractivity contribution in [2.75, 3.05) is 44.3 Å². The number of benzene rings is 2. The Kier molecular flexibility index (Phi) is 6.79. The molecule has 1 aliphatic rings. The van der Waals surface area contributed by atoms with Gasteiger partial charge in [-0.05, 0) is 12.1 Å². The number of sulfonamides is 1. The van der Waals surface area contributed by atoms with Crippen LogP contribution in [0, 0.1) is 0 Å². The molecule has 1 aliphatic heterocycles. The van der Waals surface area contributed by atoms with Crippen molar-refractivity contribution in [1.82, 2.24) is 9.21 Å². The van der Waals surface area contributed by atoms with Crippen LogP contribution in [0.2, 0.25) is 0 Å². The van der Waals surface area contributed by atoms with Crippen LogP contribution < -0.4 is 5.32 Å². The number of rotatable bonds is 7. The molecule has 8 heteroatoms. The summed E-state index contributed by atoms with van der Waals surface area (Å²) in [7, 11) is -3.16. The summed E-state index contributed by atoms with van der Waals surface area (Å²) in [5, 5.41) is 2.84. The molecular formula is C21H25N3O4S. The van der Waals surface area contributed by atoms with Crippen molar-refractivity contribution in [3.05, 3.63) is 65.7 Å². The summed E-state index contributed by atoms with van der Waals surface area (Å²) < 4.78 is 24.6. The molecule has 0 radical (unpaired) electrons. The highest BCUT2D eigenvalue weighted by molar-refractivity contribution is 7.88. The van der Waals surface area contributed by atoms with Crippen LogP contribution >= 0.6 is 0 Å². The van der Waals surface area contributed by atoms with Gasteiger partial charge in [0, 0.05) is 50.3 Å². The summed E-state index contributed by atoms with van der Waals surface area (Å²) in [5.41, 5.74) is 1.51. The first kappa shape index (κ1) is 21.2. The number of hydrogen-bond donors (Lipinski definition) is 1. The Bertz CT molecular complexity index is 968. The number of hydrogen-bond acceptors (Lipinski definition) is 5. The fourth-order valence-electron chi connectivity index (χ4n) is 3.29. The lowest BCUT2D eigenvalue weighted by Gasteiger charge is -2.33. The Morgan fingerprint density at radius 1 is 0.931 bits per heavy atom. The zero-order chi connectivity index (χ0) is 20.9. The third-order valence-electron chi connectivity index (χ3n) is 4.94. The normalized spacial score (nSPS) is 15.8. The van der Waals surface area contributed by atoms with Gasteiger partial charge in [-0.15, -0.1) is 0 Å². The van der Waals surface area contributed by atoms with Gasteiger partial charge in [0.05, 0.1) is 11.9 Å². The first-order valence-electron chi connectivity index (χ1n) is 9.51. The highest BCUT2D eigenvalue weighted by Gasteiger charge is 2.23. The van der Waals surface area contributed by atoms with Crippen molar-refractivity contribution in [1.29, 1.82) is 0 Å². The van der Waals surface area contributed by atoms with Gasteiger partial charge in [0.25, 0.3) is 0 Å². The van der Waals surface area contributed by atoms with E-state index in [9.17, 15) is 18.0 Å². The molecule has 154 valence electrons. The monoisotopic (exact) mass is 415 g/mol. The maximum atomic E-state index is 12.8. The molecule has 1 fully saturated rings. The molecule has 0 unspecified atom stereocenters. The van der Waals surface area contributed by atoms with Crippen LogP contribution in [0.1, 0.15) is 22.3 Å². The second kappa shape index (κ2) is 9.30. The number of anilines is 1. The quantitative estimate of drug-likeness (QED) is 0.697. The molecule has 7 nitrogen and oxygen atoms in total. The van der Waals surface area contributed by atoms with Crippen LogP contribution in [0.4, 0.5) is 5.69 Å². The van der Waals surface area contributed by atoms with Crippen LogP contribution in [0.5, 0.6) is 0 Å². The Hall–Kier alpha value is -2.55. The first-order valence-corrected chi connectivity index (χ1v) is 11.4. The van der Waals surface area contributed by atoms with Gasteiger partial charge in [0.15, 0.2) is 5.78 Å². The SMILES string of the molecule is CS(=O)(=O)N1CCN(CCC(=O)Nc2ccccc2C(=O)c2ccccc2)CC1. The predicted octanol–water partition coefficient (Wildman–Crippen LogP) is 1.82. The van der Waals surface area contributed by atoms with Crippen molar-refractivity contribution in [3.63, 3.8) is 0 Å². The van der Waals surface area contributed by atoms with Gasteiger partial charge in [0.1, 0.15) is 0 Å². The van der Waals surface area contributed by atoms with Crippen molar-refractivity contribution in [2.24, 2.45) is 0 Å². The first-order chi connectivity index (χ1) is 13.8. The summed E-state index contributed by atoms with van der Waals surface area (Å²) >= 11 is 0. The minimum Gasteiger partial charge on any atom is -0.325 e. The molecule has 1 saturated heterocycles. The second-order valence-corrected chi connectivity index (χ2v) is 9.03. The summed E-state index contributed by atoms with van der Waals surface area (Å²) in [5.74, 6) is -0.317. The Labute approximate surface area is 171 Å². The number of para-hydroxylation sites is 1. The zero-order valence-electron chi connectivity index (χ0n) is 16.4. The van der Waals surface area contributed by atoms with Gasteiger partial charge in [-0.25, -0.2) is 8.42 Å². The van der Waals surface area contributed by atoms with Crippen molar-refractivity contribution >= 4 is 27.4 Å². The molecule has 0 saturated carbocycles. The third-order valence-corrected chi connectivity index (χ3v) is 6.24. The third kappa shape index (κ3) is 5.72. The molecule has 0 bridgehead atoms. The predicted molar refractivity (Wildman–Crippen MR) is 112 cm³/mol. The Balaban J connectivity index is 1.56. The molecule has 0 aliphatic carbocycles. The number of carbonyl (C=O) groups excluding carboxylic acids is 2. The van der Waals surface area contributed by atoms with Crippen molar-refractivity contribution in [3.8, 4) is 0 Å². The number of carbonyl (C=O) groups is 2. The van der Waals surface area contributed by atoms with Crippen molar-refractivity contribution < 1.29 is 18.0 Å². The van der Waals surface area contributed by atoms with E-state index >= 15 is 0 Å². The lowest BCUT2D eigenvalue weighted by molar-refractivity contribution is -0.116. The largest absolute Gasteiger partial charge is 0.325 e. The van der Waals surface area contributed by atoms with Crippen molar-refractivity contribution in [2.45, 2.75) is 6.42 Å². The van der Waals surface area contributed by atoms with E-state index in [2.05, 4.69) is 10.2 Å². The van der Waals surface area contributed by atoms with Crippen LogP contribution in [0.15, 0.2) is 54.6 Å². The number of amides is 1. The fourth-order valence-corrected chi connectivity index (χ4v) is 4.12. The fraction of sp³-hybridized carbons (Fsp3) is 0.333. The van der Waals surface area contributed by atoms with Crippen LogP contribution in [-0.2, 0) is 14.8 Å². The molecular weight excluding hydrogens is 390 g/mol. The molecule has 1 heterocycles. The van der Waals surface area contributed by atoms with Crippen LogP contribution in [0.25, 0.3) is 0 Å². The molecule has 2 aromatic carbocycles. The zero-order valence-corrected chi connectivity index (χ0v) is 17.2. The molecule has 1 N–H and O–H groups in total. The van der Waals surface area contributed by atoms with E-state index in [1.165, 1.54) is 10.6 Å². The summed E-state index contributed by atoms with van der Waals surface area (Å²) in [6, 6.07) is 15.9. The number of nitrogens with zero attached hydrogens (tertiary/aromatic N) is 2. The average molecular weight is 416 g/mol. The molecule has 3 rings (SSSR count). The topological polar surface area (TPSA) is 86.8 Å².